The van der Waals surface area contributed by atoms with Crippen LogP contribution in [0.15, 0.2) is 24.3 Å². The zero-order valence-electron chi connectivity index (χ0n) is 8.72. The molecule has 2 N–H and O–H groups in total. The predicted molar refractivity (Wildman–Crippen MR) is 64.1 cm³/mol. The summed E-state index contributed by atoms with van der Waals surface area (Å²) in [5.41, 5.74) is 0.623. The summed E-state index contributed by atoms with van der Waals surface area (Å²) >= 11 is 5.02. The average molecular weight is 226 g/mol. The lowest BCUT2D eigenvalue weighted by molar-refractivity contribution is 0.605. The average Bonchev–Trinajstić information content (AvgIpc) is 2.25. The number of nitrogens with one attached hydrogen (secondary N) is 2. The van der Waals surface area contributed by atoms with Gasteiger partial charge in [0.05, 0.1) is 0 Å². The maximum Gasteiger partial charge on any atom is 0.166 e. The van der Waals surface area contributed by atoms with Crippen LogP contribution in [0.25, 0.3) is 0 Å². The Labute approximate surface area is 94.9 Å². The molecule has 1 aromatic rings. The smallest absolute Gasteiger partial charge is 0.166 e. The Hall–Kier alpha value is -1.16. The van der Waals surface area contributed by atoms with E-state index in [-0.39, 0.29) is 5.82 Å². The van der Waals surface area contributed by atoms with Gasteiger partial charge < -0.3 is 10.6 Å². The van der Waals surface area contributed by atoms with Crippen LogP contribution in [0.4, 0.5) is 4.39 Å². The van der Waals surface area contributed by atoms with E-state index in [0.29, 0.717) is 17.2 Å². The molecule has 4 heteroatoms. The fourth-order valence-corrected chi connectivity index (χ4v) is 1.29. The first-order valence-electron chi connectivity index (χ1n) is 4.99. The highest BCUT2D eigenvalue weighted by Crippen LogP contribution is 2.05. The first-order valence-corrected chi connectivity index (χ1v) is 5.40. The Morgan fingerprint density at radius 2 is 2.07 bits per heavy atom. The fraction of sp³-hybridized carbons (Fsp3) is 0.364. The lowest BCUT2D eigenvalue weighted by Gasteiger charge is -2.09. The number of hydrogen-bond acceptors (Lipinski definition) is 1. The molecule has 0 fully saturated rings. The third-order valence-corrected chi connectivity index (χ3v) is 2.22. The highest BCUT2D eigenvalue weighted by atomic mass is 32.1. The van der Waals surface area contributed by atoms with Gasteiger partial charge >= 0.3 is 0 Å². The summed E-state index contributed by atoms with van der Waals surface area (Å²) in [6, 6.07) is 6.67. The van der Waals surface area contributed by atoms with Crippen molar-refractivity contribution in [3.05, 3.63) is 35.6 Å². The van der Waals surface area contributed by atoms with E-state index in [1.807, 2.05) is 6.07 Å². The molecular weight excluding hydrogens is 211 g/mol. The van der Waals surface area contributed by atoms with Gasteiger partial charge in [-0.05, 0) is 24.7 Å². The molecule has 82 valence electrons. The van der Waals surface area contributed by atoms with E-state index in [1.165, 1.54) is 6.07 Å². The van der Waals surface area contributed by atoms with Gasteiger partial charge in [0.25, 0.3) is 0 Å². The van der Waals surface area contributed by atoms with Gasteiger partial charge in [0.2, 0.25) is 0 Å². The highest BCUT2D eigenvalue weighted by molar-refractivity contribution is 7.80. The third-order valence-electron chi connectivity index (χ3n) is 1.93. The maximum absolute atomic E-state index is 13.2. The van der Waals surface area contributed by atoms with Gasteiger partial charge in [-0.25, -0.2) is 4.39 Å². The van der Waals surface area contributed by atoms with Gasteiger partial charge in [0, 0.05) is 18.7 Å². The van der Waals surface area contributed by atoms with Crippen LogP contribution in [0.3, 0.4) is 0 Å². The van der Waals surface area contributed by atoms with Crippen LogP contribution in [0.1, 0.15) is 18.9 Å². The van der Waals surface area contributed by atoms with E-state index in [2.05, 4.69) is 17.6 Å². The van der Waals surface area contributed by atoms with Crippen molar-refractivity contribution in [2.45, 2.75) is 19.9 Å². The topological polar surface area (TPSA) is 24.1 Å². The van der Waals surface area contributed by atoms with Crippen LogP contribution in [0.2, 0.25) is 0 Å². The van der Waals surface area contributed by atoms with Crippen molar-refractivity contribution in [2.75, 3.05) is 6.54 Å². The number of halogens is 1. The zero-order valence-corrected chi connectivity index (χ0v) is 9.53. The Morgan fingerprint density at radius 1 is 1.33 bits per heavy atom. The quantitative estimate of drug-likeness (QED) is 0.770. The molecule has 0 unspecified atom stereocenters. The van der Waals surface area contributed by atoms with Gasteiger partial charge in [0.1, 0.15) is 5.82 Å². The molecule has 0 amide bonds. The molecule has 0 radical (unpaired) electrons. The summed E-state index contributed by atoms with van der Waals surface area (Å²) in [5.74, 6) is -0.205. The largest absolute Gasteiger partial charge is 0.363 e. The number of hydrogen-bond donors (Lipinski definition) is 2. The first kappa shape index (κ1) is 11.9. The molecule has 0 aromatic heterocycles. The van der Waals surface area contributed by atoms with Crippen LogP contribution < -0.4 is 10.6 Å². The van der Waals surface area contributed by atoms with E-state index in [4.69, 9.17) is 12.2 Å². The Morgan fingerprint density at radius 3 is 2.73 bits per heavy atom. The van der Waals surface area contributed by atoms with E-state index >= 15 is 0 Å². The normalized spacial score (nSPS) is 9.73. The molecule has 0 spiro atoms. The standard InChI is InChI=1S/C11H15FN2S/c1-2-7-13-11(15)14-8-9-5-3-4-6-10(9)12/h3-6H,2,7-8H2,1H3,(H2,13,14,15). The second-order valence-electron chi connectivity index (χ2n) is 3.20. The molecule has 15 heavy (non-hydrogen) atoms. The summed E-state index contributed by atoms with van der Waals surface area (Å²) < 4.78 is 13.2. The summed E-state index contributed by atoms with van der Waals surface area (Å²) in [6.07, 6.45) is 1.02. The molecule has 0 aliphatic rings. The summed E-state index contributed by atoms with van der Waals surface area (Å²) in [4.78, 5) is 0. The Bertz CT molecular complexity index is 328. The van der Waals surface area contributed by atoms with Gasteiger partial charge in [-0.3, -0.25) is 0 Å². The van der Waals surface area contributed by atoms with Crippen molar-refractivity contribution in [1.82, 2.24) is 10.6 Å². The number of thiocarbonyl (C=S) groups is 1. The molecule has 0 saturated carbocycles. The van der Waals surface area contributed by atoms with Crippen LogP contribution in [0.5, 0.6) is 0 Å². The lowest BCUT2D eigenvalue weighted by atomic mass is 10.2. The molecule has 2 nitrogen and oxygen atoms in total. The lowest BCUT2D eigenvalue weighted by Crippen LogP contribution is -2.35. The van der Waals surface area contributed by atoms with Crippen molar-refractivity contribution in [3.63, 3.8) is 0 Å². The second-order valence-corrected chi connectivity index (χ2v) is 3.61. The van der Waals surface area contributed by atoms with Crippen LogP contribution >= 0.6 is 12.2 Å². The van der Waals surface area contributed by atoms with Gasteiger partial charge in [-0.1, -0.05) is 25.1 Å². The number of rotatable bonds is 4. The molecular formula is C11H15FN2S. The predicted octanol–water partition coefficient (Wildman–Crippen LogP) is 2.20. The summed E-state index contributed by atoms with van der Waals surface area (Å²) in [6.45, 7) is 3.32. The molecule has 0 bridgehead atoms. The summed E-state index contributed by atoms with van der Waals surface area (Å²) in [5, 5.41) is 6.54. The molecule has 1 aromatic carbocycles. The minimum atomic E-state index is -0.205. The van der Waals surface area contributed by atoms with E-state index < -0.39 is 0 Å². The van der Waals surface area contributed by atoms with Crippen molar-refractivity contribution < 1.29 is 4.39 Å². The van der Waals surface area contributed by atoms with Gasteiger partial charge in [-0.2, -0.15) is 0 Å². The highest BCUT2D eigenvalue weighted by Gasteiger charge is 2.00. The van der Waals surface area contributed by atoms with Crippen molar-refractivity contribution in [3.8, 4) is 0 Å². The molecule has 0 atom stereocenters. The number of benzene rings is 1. The van der Waals surface area contributed by atoms with Crippen LogP contribution in [-0.2, 0) is 6.54 Å². The monoisotopic (exact) mass is 226 g/mol. The molecule has 0 aliphatic carbocycles. The zero-order chi connectivity index (χ0) is 11.1. The summed E-state index contributed by atoms with van der Waals surface area (Å²) in [7, 11) is 0. The Kier molecular flexibility index (Phi) is 5.04. The minimum Gasteiger partial charge on any atom is -0.363 e. The SMILES string of the molecule is CCCNC(=S)NCc1ccccc1F. The van der Waals surface area contributed by atoms with Gasteiger partial charge in [-0.15, -0.1) is 0 Å². The molecule has 0 saturated heterocycles. The molecule has 0 heterocycles. The van der Waals surface area contributed by atoms with Crippen LogP contribution in [0, 0.1) is 5.82 Å². The second kappa shape index (κ2) is 6.35. The van der Waals surface area contributed by atoms with Crippen molar-refractivity contribution in [1.29, 1.82) is 0 Å². The molecule has 1 rings (SSSR count). The van der Waals surface area contributed by atoms with Crippen molar-refractivity contribution in [2.24, 2.45) is 0 Å². The third kappa shape index (κ3) is 4.25. The van der Waals surface area contributed by atoms with E-state index in [0.717, 1.165) is 13.0 Å². The Balaban J connectivity index is 2.37. The molecule has 0 aliphatic heterocycles. The minimum absolute atomic E-state index is 0.205. The van der Waals surface area contributed by atoms with Gasteiger partial charge in [0.15, 0.2) is 5.11 Å². The van der Waals surface area contributed by atoms with Crippen LogP contribution in [-0.4, -0.2) is 11.7 Å². The van der Waals surface area contributed by atoms with Crippen molar-refractivity contribution >= 4 is 17.3 Å². The maximum atomic E-state index is 13.2. The fourth-order valence-electron chi connectivity index (χ4n) is 1.12. The van der Waals surface area contributed by atoms with E-state index in [1.54, 1.807) is 12.1 Å². The van der Waals surface area contributed by atoms with E-state index in [9.17, 15) is 4.39 Å². The first-order chi connectivity index (χ1) is 7.24.